The van der Waals surface area contributed by atoms with Gasteiger partial charge in [0, 0.05) is 28.4 Å². The summed E-state index contributed by atoms with van der Waals surface area (Å²) >= 11 is 0. The summed E-state index contributed by atoms with van der Waals surface area (Å²) in [4.78, 5) is 11.1. The molecule has 1 N–H and O–H groups in total. The molecule has 5 rings (SSSR count). The topological polar surface area (TPSA) is 42.2 Å². The quantitative estimate of drug-likeness (QED) is 0.219. The summed E-state index contributed by atoms with van der Waals surface area (Å²) in [6, 6.07) is 31.3. The van der Waals surface area contributed by atoms with Crippen LogP contribution < -0.4 is 0 Å². The molecule has 0 aliphatic carbocycles. The van der Waals surface area contributed by atoms with E-state index in [9.17, 15) is 4.79 Å². The van der Waals surface area contributed by atoms with Gasteiger partial charge >= 0.3 is 5.97 Å². The predicted molar refractivity (Wildman–Crippen MR) is 142 cm³/mol. The normalized spacial score (nSPS) is 11.4. The Hall–Kier alpha value is -4.37. The SMILES string of the molecule is C=C(C(=O)O)c1ccc(C=Cc2ccc3c(c2)c2ccccc2n3Cc2ccc(C)cc2)cc1. The van der Waals surface area contributed by atoms with E-state index in [4.69, 9.17) is 5.11 Å². The van der Waals surface area contributed by atoms with E-state index in [1.807, 2.05) is 18.2 Å². The minimum atomic E-state index is -1.00. The van der Waals surface area contributed by atoms with Crippen molar-refractivity contribution in [1.29, 1.82) is 0 Å². The Bertz CT molecular complexity index is 1550. The zero-order chi connectivity index (χ0) is 23.7. The second-order valence-electron chi connectivity index (χ2n) is 8.60. The van der Waals surface area contributed by atoms with Gasteiger partial charge in [-0.15, -0.1) is 0 Å². The summed E-state index contributed by atoms with van der Waals surface area (Å²) in [6.07, 6.45) is 4.13. The van der Waals surface area contributed by atoms with Crippen LogP contribution in [0.5, 0.6) is 0 Å². The number of nitrogens with zero attached hydrogens (tertiary/aromatic N) is 1. The lowest BCUT2D eigenvalue weighted by atomic mass is 10.0. The van der Waals surface area contributed by atoms with Crippen molar-refractivity contribution in [3.8, 4) is 0 Å². The van der Waals surface area contributed by atoms with Crippen molar-refractivity contribution < 1.29 is 9.90 Å². The molecule has 0 amide bonds. The van der Waals surface area contributed by atoms with E-state index >= 15 is 0 Å². The van der Waals surface area contributed by atoms with Gasteiger partial charge in [-0.05, 0) is 47.4 Å². The molecule has 0 saturated heterocycles. The van der Waals surface area contributed by atoms with Crippen LogP contribution in [0.1, 0.15) is 27.8 Å². The second-order valence-corrected chi connectivity index (χ2v) is 8.60. The molecule has 0 spiro atoms. The molecule has 3 nitrogen and oxygen atoms in total. The molecule has 0 fully saturated rings. The van der Waals surface area contributed by atoms with Crippen LogP contribution in [-0.2, 0) is 11.3 Å². The van der Waals surface area contributed by atoms with Gasteiger partial charge in [0.25, 0.3) is 0 Å². The Morgan fingerprint density at radius 3 is 2.21 bits per heavy atom. The van der Waals surface area contributed by atoms with Gasteiger partial charge < -0.3 is 9.67 Å². The molecule has 0 aliphatic rings. The highest BCUT2D eigenvalue weighted by Crippen LogP contribution is 2.31. The van der Waals surface area contributed by atoms with Gasteiger partial charge in [0.15, 0.2) is 0 Å². The zero-order valence-electron chi connectivity index (χ0n) is 19.0. The smallest absolute Gasteiger partial charge is 0.335 e. The van der Waals surface area contributed by atoms with Crippen LogP contribution in [-0.4, -0.2) is 15.6 Å². The number of rotatable bonds is 6. The highest BCUT2D eigenvalue weighted by Gasteiger charge is 2.11. The summed E-state index contributed by atoms with van der Waals surface area (Å²) in [7, 11) is 0. The molecule has 0 saturated carbocycles. The van der Waals surface area contributed by atoms with E-state index in [1.54, 1.807) is 12.1 Å². The van der Waals surface area contributed by atoms with Gasteiger partial charge in [0.2, 0.25) is 0 Å². The average molecular weight is 444 g/mol. The highest BCUT2D eigenvalue weighted by atomic mass is 16.4. The summed E-state index contributed by atoms with van der Waals surface area (Å²) in [5.41, 5.74) is 7.84. The fourth-order valence-electron chi connectivity index (χ4n) is 4.33. The lowest BCUT2D eigenvalue weighted by Crippen LogP contribution is -1.99. The van der Waals surface area contributed by atoms with Crippen LogP contribution in [0, 0.1) is 6.92 Å². The molecule has 5 aromatic rings. The van der Waals surface area contributed by atoms with Gasteiger partial charge in [-0.25, -0.2) is 4.79 Å². The van der Waals surface area contributed by atoms with Crippen molar-refractivity contribution >= 4 is 45.5 Å². The number of carboxylic acids is 1. The molecule has 3 heteroatoms. The number of benzene rings is 4. The minimum absolute atomic E-state index is 0.100. The van der Waals surface area contributed by atoms with Gasteiger partial charge in [-0.3, -0.25) is 0 Å². The van der Waals surface area contributed by atoms with Crippen molar-refractivity contribution in [2.45, 2.75) is 13.5 Å². The number of para-hydroxylation sites is 1. The molecule has 0 aliphatic heterocycles. The van der Waals surface area contributed by atoms with Gasteiger partial charge in [-0.1, -0.05) is 97.1 Å². The third-order valence-electron chi connectivity index (χ3n) is 6.24. The van der Waals surface area contributed by atoms with Crippen molar-refractivity contribution in [1.82, 2.24) is 4.57 Å². The third-order valence-corrected chi connectivity index (χ3v) is 6.24. The fourth-order valence-corrected chi connectivity index (χ4v) is 4.33. The van der Waals surface area contributed by atoms with Crippen LogP contribution in [0.3, 0.4) is 0 Å². The van der Waals surface area contributed by atoms with Crippen molar-refractivity contribution in [2.24, 2.45) is 0 Å². The summed E-state index contributed by atoms with van der Waals surface area (Å²) in [5.74, 6) is -1.00. The molecule has 166 valence electrons. The molecule has 1 heterocycles. The van der Waals surface area contributed by atoms with Crippen LogP contribution >= 0.6 is 0 Å². The maximum Gasteiger partial charge on any atom is 0.335 e. The number of aryl methyl sites for hydroxylation is 1. The fraction of sp³-hybridized carbons (Fsp3) is 0.0645. The first-order valence-corrected chi connectivity index (χ1v) is 11.3. The van der Waals surface area contributed by atoms with Crippen LogP contribution in [0.25, 0.3) is 39.5 Å². The van der Waals surface area contributed by atoms with Crippen LogP contribution in [0.15, 0.2) is 97.6 Å². The molecule has 0 unspecified atom stereocenters. The highest BCUT2D eigenvalue weighted by molar-refractivity contribution is 6.14. The average Bonchev–Trinajstić information content (AvgIpc) is 3.17. The molecule has 1 aromatic heterocycles. The van der Waals surface area contributed by atoms with E-state index < -0.39 is 5.97 Å². The number of carboxylic acid groups (broad SMARTS) is 1. The number of aromatic nitrogens is 1. The molecule has 0 bridgehead atoms. The molecule has 0 radical (unpaired) electrons. The molecule has 0 atom stereocenters. The standard InChI is InChI=1S/C31H25NO2/c1-21-7-9-25(10-8-21)20-32-29-6-4-3-5-27(29)28-19-24(15-18-30(28)32)12-11-23-13-16-26(17-14-23)22(2)31(33)34/h3-19H,2,20H2,1H3,(H,33,34). The number of aliphatic carboxylic acids is 1. The maximum atomic E-state index is 11.1. The monoisotopic (exact) mass is 443 g/mol. The van der Waals surface area contributed by atoms with Crippen LogP contribution in [0.2, 0.25) is 0 Å². The lowest BCUT2D eigenvalue weighted by molar-refractivity contribution is -0.130. The lowest BCUT2D eigenvalue weighted by Gasteiger charge is -2.08. The van der Waals surface area contributed by atoms with E-state index in [-0.39, 0.29) is 5.57 Å². The van der Waals surface area contributed by atoms with Crippen LogP contribution in [0.4, 0.5) is 0 Å². The molecular formula is C31H25NO2. The third kappa shape index (κ3) is 4.16. The zero-order valence-corrected chi connectivity index (χ0v) is 19.0. The molecule has 4 aromatic carbocycles. The second kappa shape index (κ2) is 8.87. The van der Waals surface area contributed by atoms with E-state index in [0.717, 1.165) is 17.7 Å². The molecular weight excluding hydrogens is 418 g/mol. The Balaban J connectivity index is 1.49. The number of hydrogen-bond acceptors (Lipinski definition) is 1. The Labute approximate surface area is 198 Å². The minimum Gasteiger partial charge on any atom is -0.478 e. The van der Waals surface area contributed by atoms with E-state index in [2.05, 4.69) is 90.9 Å². The molecule has 34 heavy (non-hydrogen) atoms. The number of carbonyl (C=O) groups is 1. The summed E-state index contributed by atoms with van der Waals surface area (Å²) < 4.78 is 2.39. The Kier molecular flexibility index (Phi) is 5.60. The largest absolute Gasteiger partial charge is 0.478 e. The Morgan fingerprint density at radius 1 is 0.824 bits per heavy atom. The number of fused-ring (bicyclic) bond motifs is 3. The van der Waals surface area contributed by atoms with Crippen molar-refractivity contribution in [2.75, 3.05) is 0 Å². The van der Waals surface area contributed by atoms with Crippen molar-refractivity contribution in [3.05, 3.63) is 125 Å². The van der Waals surface area contributed by atoms with E-state index in [0.29, 0.717) is 5.56 Å². The van der Waals surface area contributed by atoms with E-state index in [1.165, 1.54) is 32.9 Å². The predicted octanol–water partition coefficient (Wildman–Crippen LogP) is 7.42. The summed E-state index contributed by atoms with van der Waals surface area (Å²) in [5, 5.41) is 11.6. The first-order valence-electron chi connectivity index (χ1n) is 11.3. The maximum absolute atomic E-state index is 11.1. The van der Waals surface area contributed by atoms with Gasteiger partial charge in [-0.2, -0.15) is 0 Å². The number of hydrogen-bond donors (Lipinski definition) is 1. The van der Waals surface area contributed by atoms with Gasteiger partial charge in [0.1, 0.15) is 0 Å². The Morgan fingerprint density at radius 2 is 1.47 bits per heavy atom. The van der Waals surface area contributed by atoms with Gasteiger partial charge in [0.05, 0.1) is 5.57 Å². The first-order chi connectivity index (χ1) is 16.5. The summed E-state index contributed by atoms with van der Waals surface area (Å²) in [6.45, 7) is 6.55. The first kappa shape index (κ1) is 21.5. The van der Waals surface area contributed by atoms with Crippen molar-refractivity contribution in [3.63, 3.8) is 0 Å².